The van der Waals surface area contributed by atoms with Gasteiger partial charge < -0.3 is 14.0 Å². The normalized spacial score (nSPS) is 11.4. The molecule has 0 unspecified atom stereocenters. The van der Waals surface area contributed by atoms with Crippen molar-refractivity contribution in [1.29, 1.82) is 0 Å². The van der Waals surface area contributed by atoms with Crippen molar-refractivity contribution in [2.45, 2.75) is 39.9 Å². The summed E-state index contributed by atoms with van der Waals surface area (Å²) in [6, 6.07) is 45.7. The largest absolute Gasteiger partial charge is 0.500 e. The minimum atomic E-state index is -1.43. The van der Waals surface area contributed by atoms with Gasteiger partial charge in [-0.25, -0.2) is 0 Å². The molecule has 6 nitrogen and oxygen atoms in total. The number of fused-ring (bicyclic) bond motifs is 4. The van der Waals surface area contributed by atoms with Gasteiger partial charge in [0.2, 0.25) is 0 Å². The van der Waals surface area contributed by atoms with E-state index in [1.807, 2.05) is 86.9 Å². The maximum Gasteiger partial charge on any atom is 0.124 e. The molecular weight excluding hydrogens is 859 g/mol. The van der Waals surface area contributed by atoms with Crippen LogP contribution in [-0.4, -0.2) is 32.6 Å². The molecule has 0 aliphatic carbocycles. The van der Waals surface area contributed by atoms with Crippen LogP contribution in [0.15, 0.2) is 138 Å². The van der Waals surface area contributed by atoms with E-state index in [-0.39, 0.29) is 20.1 Å². The van der Waals surface area contributed by atoms with E-state index >= 15 is 0 Å². The molecule has 5 heterocycles. The molecule has 269 valence electrons. The van der Waals surface area contributed by atoms with E-state index in [2.05, 4.69) is 107 Å². The van der Waals surface area contributed by atoms with Crippen molar-refractivity contribution >= 4 is 46.2 Å². The van der Waals surface area contributed by atoms with Gasteiger partial charge in [0.15, 0.2) is 0 Å². The van der Waals surface area contributed by atoms with Crippen molar-refractivity contribution in [2.24, 2.45) is 0 Å². The second-order valence-corrected chi connectivity index (χ2v) is 19.4. The van der Waals surface area contributed by atoms with Gasteiger partial charge in [-0.2, -0.15) is 0 Å². The minimum Gasteiger partial charge on any atom is -0.500 e. The number of aryl methyl sites for hydroxylation is 2. The number of pyridine rings is 3. The second kappa shape index (κ2) is 15.4. The first-order chi connectivity index (χ1) is 25.7. The van der Waals surface area contributed by atoms with Crippen LogP contribution in [0.4, 0.5) is 0 Å². The first-order valence-corrected chi connectivity index (χ1v) is 21.3. The van der Waals surface area contributed by atoms with Crippen LogP contribution in [0.5, 0.6) is 0 Å². The topological polar surface area (TPSA) is 69.6 Å². The summed E-state index contributed by atoms with van der Waals surface area (Å²) in [6.45, 7) is 11.1. The molecule has 1 radical (unpaired) electrons. The third kappa shape index (κ3) is 7.46. The third-order valence-corrected chi connectivity index (χ3v) is 11.5. The Balaban J connectivity index is 0.000000170. The Labute approximate surface area is 330 Å². The number of hydrogen-bond acceptors (Lipinski definition) is 5. The molecule has 0 spiro atoms. The van der Waals surface area contributed by atoms with Gasteiger partial charge in [-0.1, -0.05) is 90.8 Å². The number of para-hydroxylation sites is 1. The number of hydrogen-bond donors (Lipinski definition) is 0. The Morgan fingerprint density at radius 3 is 2.17 bits per heavy atom. The van der Waals surface area contributed by atoms with Crippen molar-refractivity contribution in [1.82, 2.24) is 24.5 Å². The molecule has 8 heteroatoms. The Bertz CT molecular complexity index is 2700. The Morgan fingerprint density at radius 1 is 0.704 bits per heavy atom. The van der Waals surface area contributed by atoms with Crippen LogP contribution in [0.2, 0.25) is 19.6 Å². The zero-order valence-electron chi connectivity index (χ0n) is 30.9. The summed E-state index contributed by atoms with van der Waals surface area (Å²) < 4.78 is 8.40. The molecular formula is C46H39IrN5OSi-2. The van der Waals surface area contributed by atoms with Gasteiger partial charge in [0.25, 0.3) is 0 Å². The molecule has 54 heavy (non-hydrogen) atoms. The molecule has 0 saturated heterocycles. The van der Waals surface area contributed by atoms with Crippen LogP contribution < -0.4 is 5.19 Å². The fraction of sp³-hybridized carbons (Fsp3) is 0.130. The molecule has 0 N–H and O–H groups in total. The van der Waals surface area contributed by atoms with Crippen LogP contribution in [-0.2, 0) is 26.5 Å². The predicted octanol–water partition coefficient (Wildman–Crippen LogP) is 10.5. The Kier molecular flexibility index (Phi) is 10.5. The predicted molar refractivity (Wildman–Crippen MR) is 218 cm³/mol. The molecule has 0 fully saturated rings. The number of furan rings is 1. The summed E-state index contributed by atoms with van der Waals surface area (Å²) in [5.74, 6) is 0.776. The molecule has 9 rings (SSSR count). The summed E-state index contributed by atoms with van der Waals surface area (Å²) in [7, 11) is -1.43. The summed E-state index contributed by atoms with van der Waals surface area (Å²) in [5.41, 5.74) is 11.9. The first kappa shape index (κ1) is 36.8. The van der Waals surface area contributed by atoms with Crippen molar-refractivity contribution in [3.8, 4) is 28.3 Å². The first-order valence-electron chi connectivity index (χ1n) is 17.8. The number of imidazole rings is 1. The summed E-state index contributed by atoms with van der Waals surface area (Å²) in [6.07, 6.45) is 6.80. The zero-order valence-corrected chi connectivity index (χ0v) is 34.3. The average Bonchev–Trinajstić information content (AvgIpc) is 3.73. The van der Waals surface area contributed by atoms with Crippen molar-refractivity contribution in [3.63, 3.8) is 0 Å². The van der Waals surface area contributed by atoms with Crippen LogP contribution in [0.25, 0.3) is 61.3 Å². The zero-order chi connectivity index (χ0) is 36.5. The Hall–Kier alpha value is -5.53. The summed E-state index contributed by atoms with van der Waals surface area (Å²) >= 11 is 0. The van der Waals surface area contributed by atoms with Crippen molar-refractivity contribution < 1.29 is 24.5 Å². The fourth-order valence-corrected chi connectivity index (χ4v) is 8.39. The number of benzene rings is 4. The number of aromatic nitrogens is 5. The number of rotatable bonds is 6. The monoisotopic (exact) mass is 898 g/mol. The van der Waals surface area contributed by atoms with E-state index < -0.39 is 8.07 Å². The van der Waals surface area contributed by atoms with Gasteiger partial charge in [-0.15, -0.1) is 54.1 Å². The average molecular weight is 898 g/mol. The molecule has 0 saturated carbocycles. The standard InChI is InChI=1S/C25H17N4O.C21H22NSi.Ir/c1-15-11-21-22(14-27-15)29(17-7-4-3-5-8-17)25(28-21)19-10-6-9-18-20-13-26-16(2)12-23(20)30-24(18)19;1-23(2,3)21-16-22-20(18-12-8-5-9-13-18)15-19(21)14-17-10-6-4-7-11-17;/h3-9,11-14H,1-2H3;4-12,15-16H,14H2,1-3H3;/q2*-1;. The van der Waals surface area contributed by atoms with Gasteiger partial charge in [0.05, 0.1) is 36.7 Å². The minimum absolute atomic E-state index is 0. The third-order valence-electron chi connectivity index (χ3n) is 9.39. The fourth-order valence-electron chi connectivity index (χ4n) is 6.82. The van der Waals surface area contributed by atoms with E-state index in [1.54, 1.807) is 0 Å². The van der Waals surface area contributed by atoms with E-state index in [1.165, 1.54) is 16.3 Å². The van der Waals surface area contributed by atoms with Gasteiger partial charge in [-0.05, 0) is 54.9 Å². The maximum atomic E-state index is 6.29. The van der Waals surface area contributed by atoms with Crippen LogP contribution in [0.3, 0.4) is 0 Å². The SMILES string of the molecule is C[Si](C)(C)c1cnc(-c2[c-]cccc2)cc1Cc1ccccc1.Cc1cc2nc(-c3[c-]ccc4c3oc3cc(C)ncc34)n(-c3ccccc3)c2cn1.[Ir]. The summed E-state index contributed by atoms with van der Waals surface area (Å²) in [5, 5.41) is 3.44. The molecule has 0 atom stereocenters. The van der Waals surface area contributed by atoms with E-state index in [0.29, 0.717) is 0 Å². The second-order valence-electron chi connectivity index (χ2n) is 14.4. The summed E-state index contributed by atoms with van der Waals surface area (Å²) in [4.78, 5) is 18.6. The Morgan fingerprint density at radius 2 is 1.43 bits per heavy atom. The molecule has 0 amide bonds. The van der Waals surface area contributed by atoms with Crippen molar-refractivity contribution in [2.75, 3.05) is 0 Å². The van der Waals surface area contributed by atoms with E-state index in [9.17, 15) is 0 Å². The van der Waals surface area contributed by atoms with Crippen LogP contribution in [0.1, 0.15) is 22.5 Å². The molecule has 4 aromatic carbocycles. The molecule has 0 aliphatic rings. The van der Waals surface area contributed by atoms with Crippen LogP contribution in [0, 0.1) is 26.0 Å². The van der Waals surface area contributed by atoms with Gasteiger partial charge >= 0.3 is 0 Å². The number of nitrogens with zero attached hydrogens (tertiary/aromatic N) is 5. The molecule has 0 aliphatic heterocycles. The van der Waals surface area contributed by atoms with Crippen molar-refractivity contribution in [3.05, 3.63) is 168 Å². The molecule has 5 aromatic heterocycles. The van der Waals surface area contributed by atoms with E-state index in [4.69, 9.17) is 14.4 Å². The van der Waals surface area contributed by atoms with Gasteiger partial charge in [-0.3, -0.25) is 15.0 Å². The molecule has 9 aromatic rings. The smallest absolute Gasteiger partial charge is 0.124 e. The van der Waals surface area contributed by atoms with Gasteiger partial charge in [0, 0.05) is 61.0 Å². The van der Waals surface area contributed by atoms with E-state index in [0.717, 1.165) is 79.1 Å². The maximum absolute atomic E-state index is 6.29. The molecule has 0 bridgehead atoms. The van der Waals surface area contributed by atoms with Gasteiger partial charge in [0.1, 0.15) is 5.58 Å². The quantitative estimate of drug-likeness (QED) is 0.123. The van der Waals surface area contributed by atoms with Crippen LogP contribution >= 0.6 is 0 Å².